The monoisotopic (exact) mass is 380 g/mol. The molecule has 0 bridgehead atoms. The van der Waals surface area contributed by atoms with Gasteiger partial charge in [-0.2, -0.15) is 5.26 Å². The van der Waals surface area contributed by atoms with E-state index in [1.165, 1.54) is 0 Å². The van der Waals surface area contributed by atoms with Gasteiger partial charge in [-0.25, -0.2) is 4.79 Å². The van der Waals surface area contributed by atoms with Crippen molar-refractivity contribution < 1.29 is 9.53 Å². The van der Waals surface area contributed by atoms with Crippen LogP contribution in [0.25, 0.3) is 10.8 Å². The number of hydrogen-bond acceptors (Lipinski definition) is 3. The van der Waals surface area contributed by atoms with Gasteiger partial charge in [0.15, 0.2) is 0 Å². The minimum Gasteiger partial charge on any atom is -0.444 e. The van der Waals surface area contributed by atoms with Crippen LogP contribution in [0.1, 0.15) is 11.1 Å². The summed E-state index contributed by atoms with van der Waals surface area (Å²) < 4.78 is 6.04. The average Bonchev–Trinajstić information content (AvgIpc) is 2.63. The molecular formula is C19H13BrN2O2. The Balaban J connectivity index is 1.85. The number of nitriles is 1. The van der Waals surface area contributed by atoms with Crippen molar-refractivity contribution in [2.75, 3.05) is 5.32 Å². The van der Waals surface area contributed by atoms with E-state index in [0.717, 1.165) is 20.8 Å². The molecule has 5 heteroatoms. The molecular weight excluding hydrogens is 368 g/mol. The van der Waals surface area contributed by atoms with Crippen molar-refractivity contribution in [1.29, 1.82) is 5.26 Å². The first-order valence-electron chi connectivity index (χ1n) is 7.28. The molecule has 0 unspecified atom stereocenters. The van der Waals surface area contributed by atoms with Crippen LogP contribution in [0, 0.1) is 11.3 Å². The van der Waals surface area contributed by atoms with Crippen LogP contribution in [-0.2, 0) is 11.3 Å². The zero-order valence-corrected chi connectivity index (χ0v) is 14.2. The molecule has 0 fully saturated rings. The lowest BCUT2D eigenvalue weighted by atomic mass is 10.0. The summed E-state index contributed by atoms with van der Waals surface area (Å²) in [7, 11) is 0. The first-order valence-corrected chi connectivity index (χ1v) is 8.07. The summed E-state index contributed by atoms with van der Waals surface area (Å²) in [4.78, 5) is 12.1. The molecule has 0 atom stereocenters. The number of hydrogen-bond donors (Lipinski definition) is 1. The summed E-state index contributed by atoms with van der Waals surface area (Å²) in [6, 6.07) is 20.7. The molecule has 0 radical (unpaired) electrons. The van der Waals surface area contributed by atoms with Gasteiger partial charge < -0.3 is 4.74 Å². The van der Waals surface area contributed by atoms with Gasteiger partial charge in [0, 0.05) is 9.86 Å². The number of benzene rings is 3. The predicted octanol–water partition coefficient (Wildman–Crippen LogP) is 5.22. The largest absolute Gasteiger partial charge is 0.444 e. The smallest absolute Gasteiger partial charge is 0.412 e. The molecule has 3 aromatic carbocycles. The van der Waals surface area contributed by atoms with E-state index < -0.39 is 6.09 Å². The molecule has 3 rings (SSSR count). The van der Waals surface area contributed by atoms with Gasteiger partial charge >= 0.3 is 6.09 Å². The highest BCUT2D eigenvalue weighted by Gasteiger charge is 2.14. The molecule has 3 aromatic rings. The van der Waals surface area contributed by atoms with Gasteiger partial charge in [-0.05, 0) is 17.0 Å². The fourth-order valence-corrected chi connectivity index (χ4v) is 2.99. The van der Waals surface area contributed by atoms with Crippen LogP contribution in [-0.4, -0.2) is 6.09 Å². The van der Waals surface area contributed by atoms with Crippen LogP contribution in [0.3, 0.4) is 0 Å². The molecule has 0 heterocycles. The number of nitrogens with zero attached hydrogens (tertiary/aromatic N) is 1. The molecule has 0 aliphatic heterocycles. The second-order valence-corrected chi connectivity index (χ2v) is 5.98. The van der Waals surface area contributed by atoms with Gasteiger partial charge in [0.05, 0.1) is 11.3 Å². The minimum atomic E-state index is -0.595. The first-order chi connectivity index (χ1) is 11.7. The van der Waals surface area contributed by atoms with Crippen LogP contribution in [0.2, 0.25) is 0 Å². The highest BCUT2D eigenvalue weighted by atomic mass is 79.9. The molecule has 118 valence electrons. The number of nitrogens with one attached hydrogen (secondary N) is 1. The molecule has 24 heavy (non-hydrogen) atoms. The van der Waals surface area contributed by atoms with Crippen LogP contribution in [0.4, 0.5) is 10.5 Å². The second-order valence-electron chi connectivity index (χ2n) is 5.13. The van der Waals surface area contributed by atoms with Gasteiger partial charge in [0.2, 0.25) is 0 Å². The molecule has 0 aliphatic rings. The van der Waals surface area contributed by atoms with E-state index in [0.29, 0.717) is 11.3 Å². The highest BCUT2D eigenvalue weighted by Crippen LogP contribution is 2.33. The molecule has 0 saturated carbocycles. The zero-order valence-electron chi connectivity index (χ0n) is 12.6. The van der Waals surface area contributed by atoms with Crippen molar-refractivity contribution in [3.8, 4) is 6.07 Å². The van der Waals surface area contributed by atoms with E-state index in [2.05, 4.69) is 27.3 Å². The Morgan fingerprint density at radius 2 is 1.75 bits per heavy atom. The number of fused-ring (bicyclic) bond motifs is 1. The molecule has 0 aromatic heterocycles. The summed E-state index contributed by atoms with van der Waals surface area (Å²) in [6.07, 6.45) is -0.595. The van der Waals surface area contributed by atoms with Crippen molar-refractivity contribution in [3.63, 3.8) is 0 Å². The predicted molar refractivity (Wildman–Crippen MR) is 96.6 cm³/mol. The minimum absolute atomic E-state index is 0.170. The first kappa shape index (κ1) is 16.0. The van der Waals surface area contributed by atoms with Crippen molar-refractivity contribution in [2.45, 2.75) is 6.61 Å². The lowest BCUT2D eigenvalue weighted by Crippen LogP contribution is -2.14. The van der Waals surface area contributed by atoms with E-state index in [9.17, 15) is 10.1 Å². The van der Waals surface area contributed by atoms with Crippen LogP contribution >= 0.6 is 15.9 Å². The van der Waals surface area contributed by atoms with Gasteiger partial charge in [0.25, 0.3) is 0 Å². The number of halogens is 1. The van der Waals surface area contributed by atoms with Crippen molar-refractivity contribution in [1.82, 2.24) is 0 Å². The van der Waals surface area contributed by atoms with Gasteiger partial charge in [-0.3, -0.25) is 5.32 Å². The average molecular weight is 381 g/mol. The van der Waals surface area contributed by atoms with E-state index in [1.54, 1.807) is 6.07 Å². The third kappa shape index (κ3) is 3.39. The van der Waals surface area contributed by atoms with Crippen molar-refractivity contribution >= 4 is 38.5 Å². The Bertz CT molecular complexity index is 933. The fourth-order valence-electron chi connectivity index (χ4n) is 2.42. The van der Waals surface area contributed by atoms with Crippen molar-refractivity contribution in [3.05, 3.63) is 76.3 Å². The van der Waals surface area contributed by atoms with E-state index in [1.807, 2.05) is 54.6 Å². The maximum absolute atomic E-state index is 12.1. The SMILES string of the molecule is N#Cc1cc(Br)c2ccccc2c1NC(=O)OCc1ccccc1. The van der Waals surface area contributed by atoms with Crippen molar-refractivity contribution in [2.24, 2.45) is 0 Å². The number of amides is 1. The quantitative estimate of drug-likeness (QED) is 0.676. The Kier molecular flexibility index (Phi) is 4.78. The lowest BCUT2D eigenvalue weighted by molar-refractivity contribution is 0.155. The summed E-state index contributed by atoms with van der Waals surface area (Å²) in [5.74, 6) is 0. The van der Waals surface area contributed by atoms with Gasteiger partial charge in [-0.15, -0.1) is 0 Å². The Morgan fingerprint density at radius 1 is 1.08 bits per heavy atom. The molecule has 4 nitrogen and oxygen atoms in total. The second kappa shape index (κ2) is 7.16. The normalized spacial score (nSPS) is 10.2. The number of carbonyl (C=O) groups is 1. The van der Waals surface area contributed by atoms with E-state index in [-0.39, 0.29) is 6.61 Å². The number of carbonyl (C=O) groups excluding carboxylic acids is 1. The topological polar surface area (TPSA) is 62.1 Å². The molecule has 0 spiro atoms. The fraction of sp³-hybridized carbons (Fsp3) is 0.0526. The number of ether oxygens (including phenoxy) is 1. The maximum atomic E-state index is 12.1. The summed E-state index contributed by atoms with van der Waals surface area (Å²) in [5.41, 5.74) is 1.72. The molecule has 0 saturated heterocycles. The Hall–Kier alpha value is -2.84. The molecule has 1 N–H and O–H groups in total. The summed E-state index contributed by atoms with van der Waals surface area (Å²) in [5, 5.41) is 13.7. The van der Waals surface area contributed by atoms with Gasteiger partial charge in [0.1, 0.15) is 12.7 Å². The van der Waals surface area contributed by atoms with Crippen LogP contribution in [0.15, 0.2) is 65.1 Å². The Labute approximate surface area is 147 Å². The standard InChI is InChI=1S/C19H13BrN2O2/c20-17-10-14(11-21)18(16-9-5-4-8-15(16)17)22-19(23)24-12-13-6-2-1-3-7-13/h1-10H,12H2,(H,22,23). The highest BCUT2D eigenvalue weighted by molar-refractivity contribution is 9.10. The third-order valence-corrected chi connectivity index (χ3v) is 4.21. The van der Waals surface area contributed by atoms with Crippen LogP contribution in [0.5, 0.6) is 0 Å². The Morgan fingerprint density at radius 3 is 2.46 bits per heavy atom. The summed E-state index contributed by atoms with van der Waals surface area (Å²) >= 11 is 3.46. The molecule has 0 aliphatic carbocycles. The van der Waals surface area contributed by atoms with E-state index in [4.69, 9.17) is 4.74 Å². The number of anilines is 1. The maximum Gasteiger partial charge on any atom is 0.412 e. The van der Waals surface area contributed by atoms with E-state index >= 15 is 0 Å². The zero-order chi connectivity index (χ0) is 16.9. The summed E-state index contributed by atoms with van der Waals surface area (Å²) in [6.45, 7) is 0.170. The third-order valence-electron chi connectivity index (χ3n) is 3.55. The number of rotatable bonds is 3. The van der Waals surface area contributed by atoms with Gasteiger partial charge in [-0.1, -0.05) is 70.5 Å². The van der Waals surface area contributed by atoms with Crippen LogP contribution < -0.4 is 5.32 Å². The lowest BCUT2D eigenvalue weighted by Gasteiger charge is -2.12. The molecule has 1 amide bonds.